The minimum absolute atomic E-state index is 0.0546. The van der Waals surface area contributed by atoms with E-state index in [9.17, 15) is 18.0 Å². The molecule has 2 aromatic rings. The molecule has 3 rings (SSSR count). The Morgan fingerprint density at radius 1 is 1.38 bits per heavy atom. The number of aromatic nitrogens is 2. The maximum absolute atomic E-state index is 13.0. The molecule has 0 bridgehead atoms. The zero-order valence-electron chi connectivity index (χ0n) is 13.5. The first-order chi connectivity index (χ1) is 12.3. The van der Waals surface area contributed by atoms with Gasteiger partial charge in [-0.1, -0.05) is 41.1 Å². The molecule has 9 nitrogen and oxygen atoms in total. The van der Waals surface area contributed by atoms with Gasteiger partial charge >= 0.3 is 0 Å². The monoisotopic (exact) mass is 415 g/mol. The van der Waals surface area contributed by atoms with Crippen molar-refractivity contribution in [1.29, 1.82) is 0 Å². The van der Waals surface area contributed by atoms with Crippen molar-refractivity contribution in [3.8, 4) is 0 Å². The molecule has 1 fully saturated rings. The van der Waals surface area contributed by atoms with Crippen LogP contribution in [0.1, 0.15) is 18.5 Å². The summed E-state index contributed by atoms with van der Waals surface area (Å²) >= 11 is 6.89. The number of nitrogens with zero attached hydrogens (tertiary/aromatic N) is 3. The predicted octanol–water partition coefficient (Wildman–Crippen LogP) is 1.01. The van der Waals surface area contributed by atoms with E-state index in [-0.39, 0.29) is 27.6 Å². The summed E-state index contributed by atoms with van der Waals surface area (Å²) in [6.45, 7) is 1.49. The highest BCUT2D eigenvalue weighted by Crippen LogP contribution is 2.34. The fourth-order valence-corrected chi connectivity index (χ4v) is 5.38. The van der Waals surface area contributed by atoms with Crippen LogP contribution in [0.15, 0.2) is 28.6 Å². The molecule has 2 N–H and O–H groups in total. The molecule has 1 aliphatic heterocycles. The third kappa shape index (κ3) is 3.56. The number of benzene rings is 1. The van der Waals surface area contributed by atoms with E-state index in [1.165, 1.54) is 6.92 Å². The van der Waals surface area contributed by atoms with Crippen molar-refractivity contribution in [2.24, 2.45) is 0 Å². The van der Waals surface area contributed by atoms with Crippen molar-refractivity contribution < 1.29 is 18.0 Å². The summed E-state index contributed by atoms with van der Waals surface area (Å²) < 4.78 is 26.8. The fraction of sp³-hybridized carbons (Fsp3) is 0.286. The second-order valence-electron chi connectivity index (χ2n) is 5.39. The molecular weight excluding hydrogens is 402 g/mol. The summed E-state index contributed by atoms with van der Waals surface area (Å²) in [5, 5.41) is 12.7. The number of hydrogen-bond donors (Lipinski definition) is 2. The highest BCUT2D eigenvalue weighted by atomic mass is 35.5. The molecule has 0 saturated carbocycles. The molecule has 1 atom stereocenters. The van der Waals surface area contributed by atoms with Gasteiger partial charge in [-0.25, -0.2) is 8.42 Å². The van der Waals surface area contributed by atoms with Gasteiger partial charge in [-0.3, -0.25) is 9.59 Å². The number of nitrogens with one attached hydrogen (secondary N) is 2. The summed E-state index contributed by atoms with van der Waals surface area (Å²) in [6, 6.07) is 5.44. The van der Waals surface area contributed by atoms with Gasteiger partial charge in [0.25, 0.3) is 10.0 Å². The van der Waals surface area contributed by atoms with Crippen LogP contribution in [0.2, 0.25) is 5.02 Å². The van der Waals surface area contributed by atoms with E-state index in [1.54, 1.807) is 24.3 Å². The topological polar surface area (TPSA) is 121 Å². The van der Waals surface area contributed by atoms with E-state index in [0.29, 0.717) is 16.9 Å². The first kappa shape index (κ1) is 18.7. The van der Waals surface area contributed by atoms with Gasteiger partial charge in [0.05, 0.1) is 0 Å². The Labute approximate surface area is 158 Å². The van der Waals surface area contributed by atoms with Crippen molar-refractivity contribution in [1.82, 2.24) is 19.8 Å². The minimum Gasteiger partial charge on any atom is -0.353 e. The number of halogens is 1. The van der Waals surface area contributed by atoms with Crippen molar-refractivity contribution in [3.05, 3.63) is 34.9 Å². The highest BCUT2D eigenvalue weighted by molar-refractivity contribution is 7.91. The maximum atomic E-state index is 13.0. The Kier molecular flexibility index (Phi) is 5.23. The summed E-state index contributed by atoms with van der Waals surface area (Å²) in [7, 11) is -4.12. The van der Waals surface area contributed by atoms with Crippen molar-refractivity contribution in [2.75, 3.05) is 18.4 Å². The molecule has 12 heteroatoms. The van der Waals surface area contributed by atoms with Gasteiger partial charge in [0.2, 0.25) is 21.3 Å². The smallest absolute Gasteiger partial charge is 0.273 e. The zero-order valence-corrected chi connectivity index (χ0v) is 15.9. The third-order valence-corrected chi connectivity index (χ3v) is 6.98. The molecule has 0 spiro atoms. The van der Waals surface area contributed by atoms with Gasteiger partial charge in [-0.05, 0) is 11.6 Å². The second-order valence-corrected chi connectivity index (χ2v) is 8.83. The lowest BCUT2D eigenvalue weighted by Gasteiger charge is -2.33. The molecule has 1 aliphatic rings. The lowest BCUT2D eigenvalue weighted by Crippen LogP contribution is -2.52. The molecule has 138 valence electrons. The summed E-state index contributed by atoms with van der Waals surface area (Å²) in [5.74, 6) is -0.865. The predicted molar refractivity (Wildman–Crippen MR) is 95.3 cm³/mol. The van der Waals surface area contributed by atoms with E-state index < -0.39 is 27.9 Å². The van der Waals surface area contributed by atoms with Gasteiger partial charge in [0.1, 0.15) is 6.04 Å². The number of anilines is 1. The maximum Gasteiger partial charge on any atom is 0.273 e. The lowest BCUT2D eigenvalue weighted by molar-refractivity contribution is -0.127. The molecule has 1 aromatic heterocycles. The van der Waals surface area contributed by atoms with Gasteiger partial charge in [-0.2, -0.15) is 4.31 Å². The van der Waals surface area contributed by atoms with Crippen molar-refractivity contribution in [3.63, 3.8) is 0 Å². The SMILES string of the molecule is CC(=O)Nc1nnc(S(=O)(=O)N2CCNC(=O)C2c2ccccc2Cl)s1. The number of amides is 2. The van der Waals surface area contributed by atoms with Gasteiger partial charge < -0.3 is 10.6 Å². The zero-order chi connectivity index (χ0) is 18.9. The number of carbonyl (C=O) groups excluding carboxylic acids is 2. The number of hydrogen-bond acceptors (Lipinski definition) is 7. The van der Waals surface area contributed by atoms with Crippen LogP contribution in [-0.2, 0) is 19.6 Å². The Morgan fingerprint density at radius 2 is 2.12 bits per heavy atom. The number of piperazine rings is 1. The first-order valence-electron chi connectivity index (χ1n) is 7.46. The van der Waals surface area contributed by atoms with Crippen molar-refractivity contribution in [2.45, 2.75) is 17.3 Å². The molecule has 26 heavy (non-hydrogen) atoms. The molecule has 0 radical (unpaired) electrons. The second kappa shape index (κ2) is 7.27. The van der Waals surface area contributed by atoms with Crippen LogP contribution < -0.4 is 10.6 Å². The number of rotatable bonds is 4. The minimum atomic E-state index is -4.12. The van der Waals surface area contributed by atoms with Crippen LogP contribution in [0.3, 0.4) is 0 Å². The first-order valence-corrected chi connectivity index (χ1v) is 10.1. The third-order valence-electron chi connectivity index (χ3n) is 3.59. The van der Waals surface area contributed by atoms with Gasteiger partial charge in [0, 0.05) is 25.0 Å². The quantitative estimate of drug-likeness (QED) is 0.719. The fourth-order valence-electron chi connectivity index (χ4n) is 2.51. The molecule has 2 amide bonds. The lowest BCUT2D eigenvalue weighted by atomic mass is 10.0. The average molecular weight is 416 g/mol. The van der Waals surface area contributed by atoms with Gasteiger partial charge in [0.15, 0.2) is 0 Å². The Morgan fingerprint density at radius 3 is 2.81 bits per heavy atom. The summed E-state index contributed by atoms with van der Waals surface area (Å²) in [6.07, 6.45) is 0. The van der Waals surface area contributed by atoms with Gasteiger partial charge in [-0.15, -0.1) is 10.2 Å². The molecule has 1 aromatic carbocycles. The van der Waals surface area contributed by atoms with Crippen LogP contribution in [-0.4, -0.2) is 47.8 Å². The van der Waals surface area contributed by atoms with Crippen LogP contribution in [0.5, 0.6) is 0 Å². The summed E-state index contributed by atoms with van der Waals surface area (Å²) in [5.41, 5.74) is 0.376. The molecule has 0 aliphatic carbocycles. The normalized spacial score (nSPS) is 18.4. The van der Waals surface area contributed by atoms with E-state index in [2.05, 4.69) is 20.8 Å². The Bertz CT molecular complexity index is 962. The van der Waals surface area contributed by atoms with Crippen LogP contribution in [0.25, 0.3) is 0 Å². The van der Waals surface area contributed by atoms with Crippen LogP contribution in [0.4, 0.5) is 5.13 Å². The summed E-state index contributed by atoms with van der Waals surface area (Å²) in [4.78, 5) is 23.5. The van der Waals surface area contributed by atoms with E-state index in [1.807, 2.05) is 0 Å². The van der Waals surface area contributed by atoms with Crippen LogP contribution in [0, 0.1) is 0 Å². The Balaban J connectivity index is 2.01. The molecule has 1 saturated heterocycles. The number of sulfonamides is 1. The largest absolute Gasteiger partial charge is 0.353 e. The van der Waals surface area contributed by atoms with Crippen molar-refractivity contribution >= 4 is 49.9 Å². The van der Waals surface area contributed by atoms with E-state index >= 15 is 0 Å². The Hall–Kier alpha value is -2.08. The van der Waals surface area contributed by atoms with E-state index in [0.717, 1.165) is 4.31 Å². The molecular formula is C14H14ClN5O4S2. The standard InChI is InChI=1S/C14H14ClN5O4S2/c1-8(21)17-13-18-19-14(25-13)26(23,24)20-7-6-16-12(22)11(20)9-4-2-3-5-10(9)15/h2-5,11H,6-7H2,1H3,(H,16,22)(H,17,18,21). The highest BCUT2D eigenvalue weighted by Gasteiger charge is 2.42. The van der Waals surface area contributed by atoms with Crippen LogP contribution >= 0.6 is 22.9 Å². The molecule has 1 unspecified atom stereocenters. The average Bonchev–Trinajstić information content (AvgIpc) is 3.04. The van der Waals surface area contributed by atoms with E-state index in [4.69, 9.17) is 11.6 Å². The molecule has 2 heterocycles. The number of carbonyl (C=O) groups is 2.